The summed E-state index contributed by atoms with van der Waals surface area (Å²) in [6.45, 7) is 0.276. The van der Waals surface area contributed by atoms with Gasteiger partial charge in [0.2, 0.25) is 11.8 Å². The Morgan fingerprint density at radius 1 is 1.16 bits per heavy atom. The fourth-order valence-electron chi connectivity index (χ4n) is 2.72. The van der Waals surface area contributed by atoms with Gasteiger partial charge in [-0.3, -0.25) is 9.59 Å². The summed E-state index contributed by atoms with van der Waals surface area (Å²) in [7, 11) is 0. The quantitative estimate of drug-likeness (QED) is 0.879. The number of anilines is 2. The summed E-state index contributed by atoms with van der Waals surface area (Å²) in [6.07, 6.45) is 0.117. The highest BCUT2D eigenvalue weighted by Crippen LogP contribution is 2.27. The Kier molecular flexibility index (Phi) is 4.72. The van der Waals surface area contributed by atoms with Crippen molar-refractivity contribution in [3.63, 3.8) is 0 Å². The molecule has 0 aromatic heterocycles. The first-order valence-corrected chi connectivity index (χ1v) is 8.02. The van der Waals surface area contributed by atoms with E-state index in [0.29, 0.717) is 16.4 Å². The lowest BCUT2D eigenvalue weighted by Crippen LogP contribution is -2.28. The number of rotatable bonds is 4. The molecule has 25 heavy (non-hydrogen) atoms. The summed E-state index contributed by atoms with van der Waals surface area (Å²) in [5.74, 6) is -1.92. The fraction of sp³-hybridized carbons (Fsp3) is 0.167. The maximum atomic E-state index is 12.4. The van der Waals surface area contributed by atoms with Crippen molar-refractivity contribution in [2.45, 2.75) is 6.42 Å². The number of nitrogens with zero attached hydrogens (tertiary/aromatic N) is 1. The van der Waals surface area contributed by atoms with E-state index in [-0.39, 0.29) is 30.3 Å². The van der Waals surface area contributed by atoms with E-state index in [1.165, 1.54) is 24.3 Å². The molecule has 1 saturated heterocycles. The standard InChI is InChI=1S/C18H15ClN2O4/c19-13-2-1-3-15(9-13)21-10-12(8-16(21)22)17(23)20-14-6-4-11(5-7-14)18(24)25/h1-7,9,12H,8,10H2,(H,20,23)(H,24,25)/t12-/m1/s1. The molecule has 1 aliphatic heterocycles. The molecule has 0 spiro atoms. The number of carbonyl (C=O) groups excluding carboxylic acids is 2. The van der Waals surface area contributed by atoms with E-state index in [1.54, 1.807) is 29.2 Å². The van der Waals surface area contributed by atoms with Gasteiger partial charge in [0.25, 0.3) is 0 Å². The van der Waals surface area contributed by atoms with E-state index >= 15 is 0 Å². The normalized spacial score (nSPS) is 16.8. The van der Waals surface area contributed by atoms with Crippen LogP contribution < -0.4 is 10.2 Å². The number of nitrogens with one attached hydrogen (secondary N) is 1. The Morgan fingerprint density at radius 2 is 1.88 bits per heavy atom. The molecule has 7 heteroatoms. The van der Waals surface area contributed by atoms with E-state index in [9.17, 15) is 14.4 Å². The molecule has 2 N–H and O–H groups in total. The van der Waals surface area contributed by atoms with Crippen LogP contribution in [0, 0.1) is 5.92 Å². The van der Waals surface area contributed by atoms with Gasteiger partial charge in [0.15, 0.2) is 0 Å². The Morgan fingerprint density at radius 3 is 2.52 bits per heavy atom. The number of hydrogen-bond donors (Lipinski definition) is 2. The highest BCUT2D eigenvalue weighted by molar-refractivity contribution is 6.31. The van der Waals surface area contributed by atoms with Crippen LogP contribution in [0.15, 0.2) is 48.5 Å². The molecular weight excluding hydrogens is 344 g/mol. The van der Waals surface area contributed by atoms with Crippen molar-refractivity contribution in [3.05, 3.63) is 59.1 Å². The second kappa shape index (κ2) is 6.94. The number of carbonyl (C=O) groups is 3. The van der Waals surface area contributed by atoms with Crippen LogP contribution in [0.25, 0.3) is 0 Å². The smallest absolute Gasteiger partial charge is 0.335 e. The molecule has 128 valence electrons. The van der Waals surface area contributed by atoms with Crippen LogP contribution in [0.3, 0.4) is 0 Å². The molecular formula is C18H15ClN2O4. The van der Waals surface area contributed by atoms with Crippen LogP contribution in [-0.4, -0.2) is 29.4 Å². The van der Waals surface area contributed by atoms with Crippen molar-refractivity contribution in [1.29, 1.82) is 0 Å². The average Bonchev–Trinajstić information content (AvgIpc) is 2.97. The van der Waals surface area contributed by atoms with E-state index in [0.717, 1.165) is 0 Å². The van der Waals surface area contributed by atoms with Gasteiger partial charge >= 0.3 is 5.97 Å². The van der Waals surface area contributed by atoms with Crippen molar-refractivity contribution >= 4 is 40.8 Å². The minimum absolute atomic E-state index is 0.117. The zero-order valence-corrected chi connectivity index (χ0v) is 13.9. The van der Waals surface area contributed by atoms with Crippen LogP contribution >= 0.6 is 11.6 Å². The van der Waals surface area contributed by atoms with E-state index < -0.39 is 11.9 Å². The molecule has 2 aromatic carbocycles. The number of carboxylic acid groups (broad SMARTS) is 1. The number of carboxylic acids is 1. The van der Waals surface area contributed by atoms with Crippen LogP contribution in [-0.2, 0) is 9.59 Å². The monoisotopic (exact) mass is 358 g/mol. The van der Waals surface area contributed by atoms with E-state index in [4.69, 9.17) is 16.7 Å². The summed E-state index contributed by atoms with van der Waals surface area (Å²) in [4.78, 5) is 37.0. The van der Waals surface area contributed by atoms with Gasteiger partial charge in [0.1, 0.15) is 0 Å². The lowest BCUT2D eigenvalue weighted by Gasteiger charge is -2.17. The number of halogens is 1. The summed E-state index contributed by atoms with van der Waals surface area (Å²) < 4.78 is 0. The predicted molar refractivity (Wildman–Crippen MR) is 93.9 cm³/mol. The van der Waals surface area contributed by atoms with Gasteiger partial charge in [0, 0.05) is 29.4 Å². The lowest BCUT2D eigenvalue weighted by atomic mass is 10.1. The van der Waals surface area contributed by atoms with Gasteiger partial charge in [-0.25, -0.2) is 4.79 Å². The van der Waals surface area contributed by atoms with Crippen LogP contribution in [0.2, 0.25) is 5.02 Å². The highest BCUT2D eigenvalue weighted by atomic mass is 35.5. The first-order valence-electron chi connectivity index (χ1n) is 7.64. The topological polar surface area (TPSA) is 86.7 Å². The second-order valence-corrected chi connectivity index (χ2v) is 6.19. The van der Waals surface area contributed by atoms with E-state index in [2.05, 4.69) is 5.32 Å². The van der Waals surface area contributed by atoms with Crippen molar-refractivity contribution in [2.24, 2.45) is 5.92 Å². The van der Waals surface area contributed by atoms with Gasteiger partial charge < -0.3 is 15.3 Å². The Labute approximate surface area is 149 Å². The van der Waals surface area contributed by atoms with Crippen molar-refractivity contribution in [2.75, 3.05) is 16.8 Å². The first kappa shape index (κ1) is 17.0. The van der Waals surface area contributed by atoms with Crippen LogP contribution in [0.1, 0.15) is 16.8 Å². The highest BCUT2D eigenvalue weighted by Gasteiger charge is 2.35. The van der Waals surface area contributed by atoms with Gasteiger partial charge in [-0.2, -0.15) is 0 Å². The van der Waals surface area contributed by atoms with Gasteiger partial charge in [-0.15, -0.1) is 0 Å². The number of hydrogen-bond acceptors (Lipinski definition) is 3. The molecule has 0 aliphatic carbocycles. The largest absolute Gasteiger partial charge is 0.478 e. The summed E-state index contributed by atoms with van der Waals surface area (Å²) in [5.41, 5.74) is 1.29. The van der Waals surface area contributed by atoms with Crippen molar-refractivity contribution < 1.29 is 19.5 Å². The fourth-order valence-corrected chi connectivity index (χ4v) is 2.90. The Balaban J connectivity index is 1.67. The number of aromatic carboxylic acids is 1. The molecule has 2 aromatic rings. The Bertz CT molecular complexity index is 835. The zero-order chi connectivity index (χ0) is 18.0. The summed E-state index contributed by atoms with van der Waals surface area (Å²) in [5, 5.41) is 12.1. The molecule has 0 unspecified atom stereocenters. The maximum absolute atomic E-state index is 12.4. The molecule has 0 bridgehead atoms. The zero-order valence-electron chi connectivity index (χ0n) is 13.1. The van der Waals surface area contributed by atoms with Gasteiger partial charge in [-0.05, 0) is 42.5 Å². The van der Waals surface area contributed by atoms with Gasteiger partial charge in [-0.1, -0.05) is 17.7 Å². The molecule has 1 heterocycles. The van der Waals surface area contributed by atoms with Crippen molar-refractivity contribution in [3.8, 4) is 0 Å². The third-order valence-electron chi connectivity index (χ3n) is 4.02. The third-order valence-corrected chi connectivity index (χ3v) is 4.25. The summed E-state index contributed by atoms with van der Waals surface area (Å²) >= 11 is 5.95. The number of benzene rings is 2. The van der Waals surface area contributed by atoms with Crippen molar-refractivity contribution in [1.82, 2.24) is 0 Å². The first-order chi connectivity index (χ1) is 11.9. The van der Waals surface area contributed by atoms with Crippen LogP contribution in [0.5, 0.6) is 0 Å². The molecule has 0 radical (unpaired) electrons. The average molecular weight is 359 g/mol. The van der Waals surface area contributed by atoms with Gasteiger partial charge in [0.05, 0.1) is 11.5 Å². The molecule has 1 aliphatic rings. The maximum Gasteiger partial charge on any atom is 0.335 e. The molecule has 1 atom stereocenters. The SMILES string of the molecule is O=C(O)c1ccc(NC(=O)[C@@H]2CC(=O)N(c3cccc(Cl)c3)C2)cc1. The third kappa shape index (κ3) is 3.80. The summed E-state index contributed by atoms with van der Waals surface area (Å²) in [6, 6.07) is 12.8. The molecule has 2 amide bonds. The predicted octanol–water partition coefficient (Wildman–Crippen LogP) is 3.03. The molecule has 0 saturated carbocycles. The molecule has 1 fully saturated rings. The lowest BCUT2D eigenvalue weighted by molar-refractivity contribution is -0.122. The minimum Gasteiger partial charge on any atom is -0.478 e. The van der Waals surface area contributed by atoms with Crippen LogP contribution in [0.4, 0.5) is 11.4 Å². The molecule has 3 rings (SSSR count). The molecule has 6 nitrogen and oxygen atoms in total. The minimum atomic E-state index is -1.03. The number of amides is 2. The Hall–Kier alpha value is -2.86. The van der Waals surface area contributed by atoms with E-state index in [1.807, 2.05) is 0 Å². The second-order valence-electron chi connectivity index (χ2n) is 5.76.